The standard InChI is InChI=1S/C17H16N4O3/c1-4-9-24-16(22)14-10-18-17-19-15(20-21(17)11(14)2)12-5-7-13(23-3)8-6-12/h4-8,10H,1,9H2,2-3H3. The fourth-order valence-corrected chi connectivity index (χ4v) is 2.22. The van der Waals surface area contributed by atoms with Crippen molar-refractivity contribution in [3.8, 4) is 17.1 Å². The number of carbonyl (C=O) groups is 1. The maximum Gasteiger partial charge on any atom is 0.341 e. The number of hydrogen-bond donors (Lipinski definition) is 0. The largest absolute Gasteiger partial charge is 0.497 e. The third-order valence-electron chi connectivity index (χ3n) is 3.51. The molecule has 0 N–H and O–H groups in total. The van der Waals surface area contributed by atoms with Gasteiger partial charge in [0.15, 0.2) is 5.82 Å². The number of rotatable bonds is 5. The summed E-state index contributed by atoms with van der Waals surface area (Å²) in [5, 5.41) is 4.44. The van der Waals surface area contributed by atoms with Crippen LogP contribution in [0.1, 0.15) is 16.1 Å². The van der Waals surface area contributed by atoms with E-state index < -0.39 is 5.97 Å². The first-order valence-electron chi connectivity index (χ1n) is 7.29. The highest BCUT2D eigenvalue weighted by atomic mass is 16.5. The predicted molar refractivity (Wildman–Crippen MR) is 88.0 cm³/mol. The molecule has 0 aliphatic rings. The van der Waals surface area contributed by atoms with Crippen molar-refractivity contribution < 1.29 is 14.3 Å². The van der Waals surface area contributed by atoms with E-state index in [4.69, 9.17) is 9.47 Å². The Bertz CT molecular complexity index is 900. The van der Waals surface area contributed by atoms with Crippen molar-refractivity contribution >= 4 is 11.7 Å². The second-order valence-corrected chi connectivity index (χ2v) is 5.02. The molecule has 24 heavy (non-hydrogen) atoms. The van der Waals surface area contributed by atoms with Crippen molar-refractivity contribution in [2.75, 3.05) is 13.7 Å². The zero-order chi connectivity index (χ0) is 17.1. The first-order chi connectivity index (χ1) is 11.6. The summed E-state index contributed by atoms with van der Waals surface area (Å²) in [7, 11) is 1.61. The fourth-order valence-electron chi connectivity index (χ4n) is 2.22. The summed E-state index contributed by atoms with van der Waals surface area (Å²) >= 11 is 0. The van der Waals surface area contributed by atoms with Crippen molar-refractivity contribution in [2.24, 2.45) is 0 Å². The van der Waals surface area contributed by atoms with Gasteiger partial charge in [0, 0.05) is 11.8 Å². The average Bonchev–Trinajstić information content (AvgIpc) is 3.05. The van der Waals surface area contributed by atoms with Crippen LogP contribution in [0.15, 0.2) is 43.1 Å². The molecule has 0 aliphatic heterocycles. The molecule has 0 fully saturated rings. The minimum Gasteiger partial charge on any atom is -0.497 e. The molecule has 0 spiro atoms. The van der Waals surface area contributed by atoms with Gasteiger partial charge in [0.1, 0.15) is 12.4 Å². The zero-order valence-corrected chi connectivity index (χ0v) is 13.4. The molecule has 7 nitrogen and oxygen atoms in total. The van der Waals surface area contributed by atoms with Gasteiger partial charge < -0.3 is 9.47 Å². The first-order valence-corrected chi connectivity index (χ1v) is 7.29. The Labute approximate surface area is 138 Å². The summed E-state index contributed by atoms with van der Waals surface area (Å²) in [5.41, 5.74) is 1.79. The van der Waals surface area contributed by atoms with Gasteiger partial charge in [-0.15, -0.1) is 5.10 Å². The van der Waals surface area contributed by atoms with E-state index in [9.17, 15) is 4.79 Å². The summed E-state index contributed by atoms with van der Waals surface area (Å²) in [6, 6.07) is 7.39. The summed E-state index contributed by atoms with van der Waals surface area (Å²) in [6.45, 7) is 5.43. The van der Waals surface area contributed by atoms with Crippen LogP contribution in [0.5, 0.6) is 5.75 Å². The molecule has 0 bridgehead atoms. The Morgan fingerprint density at radius 3 is 2.75 bits per heavy atom. The molecule has 2 aromatic heterocycles. The molecule has 122 valence electrons. The zero-order valence-electron chi connectivity index (χ0n) is 13.4. The molecule has 0 saturated carbocycles. The summed E-state index contributed by atoms with van der Waals surface area (Å²) < 4.78 is 11.7. The van der Waals surface area contributed by atoms with Crippen molar-refractivity contribution in [3.05, 3.63) is 54.4 Å². The van der Waals surface area contributed by atoms with E-state index in [1.54, 1.807) is 14.0 Å². The van der Waals surface area contributed by atoms with Crippen LogP contribution >= 0.6 is 0 Å². The molecule has 0 unspecified atom stereocenters. The van der Waals surface area contributed by atoms with Gasteiger partial charge >= 0.3 is 5.97 Å². The predicted octanol–water partition coefficient (Wildman–Crippen LogP) is 2.45. The molecular formula is C17H16N4O3. The van der Waals surface area contributed by atoms with E-state index >= 15 is 0 Å². The molecule has 0 amide bonds. The van der Waals surface area contributed by atoms with Crippen molar-refractivity contribution in [3.63, 3.8) is 0 Å². The number of esters is 1. The highest BCUT2D eigenvalue weighted by Gasteiger charge is 2.16. The third-order valence-corrected chi connectivity index (χ3v) is 3.51. The lowest BCUT2D eigenvalue weighted by molar-refractivity contribution is 0.0547. The summed E-state index contributed by atoms with van der Waals surface area (Å²) in [6.07, 6.45) is 2.96. The van der Waals surface area contributed by atoms with Gasteiger partial charge in [0.25, 0.3) is 5.78 Å². The quantitative estimate of drug-likeness (QED) is 0.530. The second-order valence-electron chi connectivity index (χ2n) is 5.02. The molecule has 0 saturated heterocycles. The Hall–Kier alpha value is -3.22. The number of fused-ring (bicyclic) bond motifs is 1. The number of nitrogens with zero attached hydrogens (tertiary/aromatic N) is 4. The van der Waals surface area contributed by atoms with Crippen LogP contribution in [0, 0.1) is 6.92 Å². The SMILES string of the molecule is C=CCOC(=O)c1cnc2nc(-c3ccc(OC)cc3)nn2c1C. The topological polar surface area (TPSA) is 78.6 Å². The molecule has 0 aliphatic carbocycles. The van der Waals surface area contributed by atoms with Gasteiger partial charge in [-0.25, -0.2) is 14.3 Å². The number of hydrogen-bond acceptors (Lipinski definition) is 6. The minimum absolute atomic E-state index is 0.144. The Kier molecular flexibility index (Phi) is 4.24. The van der Waals surface area contributed by atoms with Crippen LogP contribution in [0.25, 0.3) is 17.2 Å². The summed E-state index contributed by atoms with van der Waals surface area (Å²) in [4.78, 5) is 20.6. The van der Waals surface area contributed by atoms with Gasteiger partial charge in [0.05, 0.1) is 18.4 Å². The van der Waals surface area contributed by atoms with E-state index in [2.05, 4.69) is 21.6 Å². The molecule has 7 heteroatoms. The number of ether oxygens (including phenoxy) is 2. The van der Waals surface area contributed by atoms with Gasteiger partial charge in [-0.2, -0.15) is 4.98 Å². The van der Waals surface area contributed by atoms with Crippen LogP contribution < -0.4 is 4.74 Å². The van der Waals surface area contributed by atoms with Gasteiger partial charge in [0.2, 0.25) is 0 Å². The van der Waals surface area contributed by atoms with Gasteiger partial charge in [-0.1, -0.05) is 12.7 Å². The van der Waals surface area contributed by atoms with E-state index in [0.29, 0.717) is 22.9 Å². The van der Waals surface area contributed by atoms with E-state index in [1.807, 2.05) is 24.3 Å². The Morgan fingerprint density at radius 1 is 1.33 bits per heavy atom. The highest BCUT2D eigenvalue weighted by molar-refractivity contribution is 5.90. The average molecular weight is 324 g/mol. The minimum atomic E-state index is -0.469. The fraction of sp³-hybridized carbons (Fsp3) is 0.176. The lowest BCUT2D eigenvalue weighted by atomic mass is 10.2. The number of methoxy groups -OCH3 is 1. The van der Waals surface area contributed by atoms with E-state index in [-0.39, 0.29) is 6.61 Å². The molecule has 3 aromatic rings. The van der Waals surface area contributed by atoms with Gasteiger partial charge in [-0.3, -0.25) is 0 Å². The number of aromatic nitrogens is 4. The monoisotopic (exact) mass is 324 g/mol. The van der Waals surface area contributed by atoms with Crippen LogP contribution in [-0.4, -0.2) is 39.3 Å². The van der Waals surface area contributed by atoms with Crippen LogP contribution in [-0.2, 0) is 4.74 Å². The third kappa shape index (κ3) is 2.83. The summed E-state index contributed by atoms with van der Waals surface area (Å²) in [5.74, 6) is 1.22. The maximum atomic E-state index is 12.0. The molecule has 1 aromatic carbocycles. The molecule has 0 atom stereocenters. The molecule has 0 radical (unpaired) electrons. The smallest absolute Gasteiger partial charge is 0.341 e. The van der Waals surface area contributed by atoms with Crippen LogP contribution in [0.2, 0.25) is 0 Å². The first kappa shape index (κ1) is 15.7. The van der Waals surface area contributed by atoms with Crippen molar-refractivity contribution in [2.45, 2.75) is 6.92 Å². The Morgan fingerprint density at radius 2 is 2.08 bits per heavy atom. The number of benzene rings is 1. The lowest BCUT2D eigenvalue weighted by Crippen LogP contribution is -2.11. The van der Waals surface area contributed by atoms with Crippen molar-refractivity contribution in [1.29, 1.82) is 0 Å². The van der Waals surface area contributed by atoms with Gasteiger partial charge in [-0.05, 0) is 31.2 Å². The Balaban J connectivity index is 2.00. The highest BCUT2D eigenvalue weighted by Crippen LogP contribution is 2.20. The van der Waals surface area contributed by atoms with E-state index in [0.717, 1.165) is 11.3 Å². The molecule has 3 rings (SSSR count). The number of carbonyl (C=O) groups excluding carboxylic acids is 1. The normalized spacial score (nSPS) is 10.6. The number of aryl methyl sites for hydroxylation is 1. The van der Waals surface area contributed by atoms with Crippen LogP contribution in [0.3, 0.4) is 0 Å². The maximum absolute atomic E-state index is 12.0. The van der Waals surface area contributed by atoms with E-state index in [1.165, 1.54) is 16.8 Å². The van der Waals surface area contributed by atoms with Crippen molar-refractivity contribution in [1.82, 2.24) is 19.6 Å². The van der Waals surface area contributed by atoms with Crippen LogP contribution in [0.4, 0.5) is 0 Å². The lowest BCUT2D eigenvalue weighted by Gasteiger charge is -2.05. The molecular weight excluding hydrogens is 308 g/mol. The second kappa shape index (κ2) is 6.49. The molecule has 2 heterocycles.